The van der Waals surface area contributed by atoms with Gasteiger partial charge in [-0.15, -0.1) is 0 Å². The molecule has 100 valence electrons. The fourth-order valence-corrected chi connectivity index (χ4v) is 2.99. The highest BCUT2D eigenvalue weighted by Crippen LogP contribution is 2.12. The molecule has 0 spiro atoms. The van der Waals surface area contributed by atoms with Gasteiger partial charge >= 0.3 is 0 Å². The van der Waals surface area contributed by atoms with Crippen LogP contribution in [0.5, 0.6) is 0 Å². The highest BCUT2D eigenvalue weighted by atomic mass is 32.2. The Kier molecular flexibility index (Phi) is 5.18. The molecule has 0 saturated carbocycles. The third-order valence-electron chi connectivity index (χ3n) is 2.37. The lowest BCUT2D eigenvalue weighted by molar-refractivity contribution is 0.544. The van der Waals surface area contributed by atoms with Gasteiger partial charge in [0.1, 0.15) is 5.82 Å². The van der Waals surface area contributed by atoms with Crippen molar-refractivity contribution >= 4 is 27.2 Å². The first-order chi connectivity index (χ1) is 8.35. The van der Waals surface area contributed by atoms with Crippen molar-refractivity contribution in [2.24, 2.45) is 5.73 Å². The summed E-state index contributed by atoms with van der Waals surface area (Å²) in [6.07, 6.45) is 0.826. The first kappa shape index (κ1) is 15.0. The Morgan fingerprint density at radius 1 is 1.56 bits per heavy atom. The second-order valence-corrected chi connectivity index (χ2v) is 6.09. The monoisotopic (exact) mass is 290 g/mol. The molecular formula is C11H15FN2O2S2. The van der Waals surface area contributed by atoms with Crippen LogP contribution in [0.4, 0.5) is 4.39 Å². The standard InChI is InChI=1S/C11H15FN2O2S2/c1-2-9(7-11(13)17)14-18(15,16)10-5-3-4-8(12)6-10/h3-6,9,14H,2,7H2,1H3,(H2,13,17). The molecule has 0 aliphatic rings. The molecule has 3 N–H and O–H groups in total. The van der Waals surface area contributed by atoms with Gasteiger partial charge in [-0.05, 0) is 24.6 Å². The molecule has 1 unspecified atom stereocenters. The van der Waals surface area contributed by atoms with E-state index < -0.39 is 15.8 Å². The summed E-state index contributed by atoms with van der Waals surface area (Å²) >= 11 is 4.75. The zero-order valence-corrected chi connectivity index (χ0v) is 11.5. The Labute approximate surface area is 111 Å². The van der Waals surface area contributed by atoms with Crippen molar-refractivity contribution in [3.63, 3.8) is 0 Å². The van der Waals surface area contributed by atoms with Crippen LogP contribution in [-0.2, 0) is 10.0 Å². The largest absolute Gasteiger partial charge is 0.393 e. The van der Waals surface area contributed by atoms with Gasteiger partial charge in [-0.1, -0.05) is 25.2 Å². The summed E-state index contributed by atoms with van der Waals surface area (Å²) in [7, 11) is -3.74. The van der Waals surface area contributed by atoms with Crippen molar-refractivity contribution < 1.29 is 12.8 Å². The van der Waals surface area contributed by atoms with Gasteiger partial charge in [0.2, 0.25) is 10.0 Å². The Bertz CT molecular complexity index is 532. The van der Waals surface area contributed by atoms with Gasteiger partial charge in [0, 0.05) is 12.5 Å². The maximum absolute atomic E-state index is 13.0. The van der Waals surface area contributed by atoms with Crippen molar-refractivity contribution in [1.29, 1.82) is 0 Å². The van der Waals surface area contributed by atoms with E-state index in [-0.39, 0.29) is 22.3 Å². The van der Waals surface area contributed by atoms with E-state index >= 15 is 0 Å². The van der Waals surface area contributed by atoms with Crippen LogP contribution in [0, 0.1) is 5.82 Å². The number of thiocarbonyl (C=S) groups is 1. The predicted octanol–water partition coefficient (Wildman–Crippen LogP) is 1.56. The minimum Gasteiger partial charge on any atom is -0.393 e. The van der Waals surface area contributed by atoms with E-state index in [4.69, 9.17) is 18.0 Å². The number of rotatable bonds is 6. The smallest absolute Gasteiger partial charge is 0.240 e. The van der Waals surface area contributed by atoms with Crippen LogP contribution in [0.2, 0.25) is 0 Å². The maximum Gasteiger partial charge on any atom is 0.240 e. The fraction of sp³-hybridized carbons (Fsp3) is 0.364. The van der Waals surface area contributed by atoms with Crippen molar-refractivity contribution in [3.05, 3.63) is 30.1 Å². The molecule has 1 rings (SSSR count). The molecule has 0 aliphatic heterocycles. The Morgan fingerprint density at radius 3 is 2.72 bits per heavy atom. The van der Waals surface area contributed by atoms with E-state index in [0.717, 1.165) is 6.07 Å². The third kappa shape index (κ3) is 4.32. The van der Waals surface area contributed by atoms with Crippen LogP contribution in [0.25, 0.3) is 0 Å². The number of nitrogens with one attached hydrogen (secondary N) is 1. The van der Waals surface area contributed by atoms with E-state index in [2.05, 4.69) is 4.72 Å². The van der Waals surface area contributed by atoms with Gasteiger partial charge in [-0.3, -0.25) is 0 Å². The van der Waals surface area contributed by atoms with E-state index in [9.17, 15) is 12.8 Å². The number of halogens is 1. The molecule has 1 atom stereocenters. The first-order valence-corrected chi connectivity index (χ1v) is 7.30. The zero-order valence-electron chi connectivity index (χ0n) is 9.89. The predicted molar refractivity (Wildman–Crippen MR) is 72.2 cm³/mol. The topological polar surface area (TPSA) is 72.2 Å². The number of hydrogen-bond acceptors (Lipinski definition) is 3. The lowest BCUT2D eigenvalue weighted by Crippen LogP contribution is -2.37. The zero-order chi connectivity index (χ0) is 13.8. The molecule has 7 heteroatoms. The second kappa shape index (κ2) is 6.21. The highest BCUT2D eigenvalue weighted by Gasteiger charge is 2.19. The average molecular weight is 290 g/mol. The molecule has 1 aromatic carbocycles. The molecule has 1 aromatic rings. The van der Waals surface area contributed by atoms with Crippen LogP contribution >= 0.6 is 12.2 Å². The van der Waals surface area contributed by atoms with Crippen LogP contribution < -0.4 is 10.5 Å². The van der Waals surface area contributed by atoms with Gasteiger partial charge in [0.25, 0.3) is 0 Å². The van der Waals surface area contributed by atoms with Crippen LogP contribution in [0.15, 0.2) is 29.2 Å². The summed E-state index contributed by atoms with van der Waals surface area (Å²) in [6, 6.07) is 4.45. The minimum absolute atomic E-state index is 0.108. The fourth-order valence-electron chi connectivity index (χ4n) is 1.43. The van der Waals surface area contributed by atoms with Gasteiger partial charge in [0.05, 0.1) is 9.88 Å². The van der Waals surface area contributed by atoms with E-state index in [0.29, 0.717) is 6.42 Å². The van der Waals surface area contributed by atoms with Gasteiger partial charge in [0.15, 0.2) is 0 Å². The summed E-state index contributed by atoms with van der Waals surface area (Å²) in [5, 5.41) is 0. The molecule has 0 fully saturated rings. The molecule has 0 saturated heterocycles. The SMILES string of the molecule is CCC(CC(N)=S)NS(=O)(=O)c1cccc(F)c1. The normalized spacial score (nSPS) is 13.2. The van der Waals surface area contributed by atoms with E-state index in [1.54, 1.807) is 0 Å². The lowest BCUT2D eigenvalue weighted by Gasteiger charge is -2.16. The molecule has 0 amide bonds. The summed E-state index contributed by atoms with van der Waals surface area (Å²) in [5.41, 5.74) is 5.39. The Balaban J connectivity index is 2.90. The quantitative estimate of drug-likeness (QED) is 0.780. The molecule has 0 heterocycles. The van der Waals surface area contributed by atoms with Gasteiger partial charge in [-0.25, -0.2) is 17.5 Å². The lowest BCUT2D eigenvalue weighted by atomic mass is 10.2. The number of benzene rings is 1. The average Bonchev–Trinajstić information content (AvgIpc) is 2.27. The van der Waals surface area contributed by atoms with Gasteiger partial charge < -0.3 is 5.73 Å². The Hall–Kier alpha value is -1.05. The first-order valence-electron chi connectivity index (χ1n) is 5.41. The van der Waals surface area contributed by atoms with Crippen LogP contribution in [0.1, 0.15) is 19.8 Å². The molecule has 4 nitrogen and oxygen atoms in total. The van der Waals surface area contributed by atoms with Crippen molar-refractivity contribution in [2.75, 3.05) is 0 Å². The summed E-state index contributed by atoms with van der Waals surface area (Å²) in [5.74, 6) is -0.597. The number of hydrogen-bond donors (Lipinski definition) is 2. The molecule has 0 radical (unpaired) electrons. The summed E-state index contributed by atoms with van der Waals surface area (Å²) < 4.78 is 39.4. The third-order valence-corrected chi connectivity index (χ3v) is 4.05. The second-order valence-electron chi connectivity index (χ2n) is 3.85. The van der Waals surface area contributed by atoms with Gasteiger partial charge in [-0.2, -0.15) is 0 Å². The summed E-state index contributed by atoms with van der Waals surface area (Å²) in [4.78, 5) is 0.132. The number of sulfonamides is 1. The van der Waals surface area contributed by atoms with Crippen molar-refractivity contribution in [2.45, 2.75) is 30.7 Å². The van der Waals surface area contributed by atoms with E-state index in [1.165, 1.54) is 18.2 Å². The highest BCUT2D eigenvalue weighted by molar-refractivity contribution is 7.89. The summed E-state index contributed by atoms with van der Waals surface area (Å²) in [6.45, 7) is 1.82. The molecular weight excluding hydrogens is 275 g/mol. The van der Waals surface area contributed by atoms with Crippen molar-refractivity contribution in [3.8, 4) is 0 Å². The number of nitrogens with two attached hydrogens (primary N) is 1. The molecule has 0 aliphatic carbocycles. The maximum atomic E-state index is 13.0. The minimum atomic E-state index is -3.74. The molecule has 18 heavy (non-hydrogen) atoms. The van der Waals surface area contributed by atoms with Crippen molar-refractivity contribution in [1.82, 2.24) is 4.72 Å². The molecule has 0 bridgehead atoms. The molecule has 0 aromatic heterocycles. The van der Waals surface area contributed by atoms with Crippen LogP contribution in [-0.4, -0.2) is 19.4 Å². The Morgan fingerprint density at radius 2 is 2.22 bits per heavy atom. The van der Waals surface area contributed by atoms with Crippen LogP contribution in [0.3, 0.4) is 0 Å². The van der Waals surface area contributed by atoms with E-state index in [1.807, 2.05) is 6.92 Å².